The number of rotatable bonds is 3. The molecule has 1 rings (SSSR count). The Morgan fingerprint density at radius 3 is 2.65 bits per heavy atom. The molecule has 2 unspecified atom stereocenters. The molecule has 0 saturated heterocycles. The van der Waals surface area contributed by atoms with E-state index in [1.807, 2.05) is 6.92 Å². The number of carboxylic acids is 1. The number of aliphatic carboxylic acids is 1. The van der Waals surface area contributed by atoms with E-state index in [1.165, 1.54) is 0 Å². The first-order valence-corrected chi connectivity index (χ1v) is 6.17. The van der Waals surface area contributed by atoms with E-state index in [1.54, 1.807) is 18.9 Å². The summed E-state index contributed by atoms with van der Waals surface area (Å²) in [6.07, 6.45) is 3.26. The van der Waals surface area contributed by atoms with Crippen molar-refractivity contribution in [3.05, 3.63) is 0 Å². The lowest BCUT2D eigenvalue weighted by atomic mass is 9.72. The van der Waals surface area contributed by atoms with Crippen molar-refractivity contribution >= 4 is 12.0 Å². The van der Waals surface area contributed by atoms with E-state index < -0.39 is 11.4 Å². The Kier molecular flexibility index (Phi) is 4.37. The number of hydrogen-bond acceptors (Lipinski definition) is 2. The Morgan fingerprint density at radius 2 is 2.12 bits per heavy atom. The fourth-order valence-electron chi connectivity index (χ4n) is 2.22. The smallest absolute Gasteiger partial charge is 0.317 e. The number of nitrogens with zero attached hydrogens (tertiary/aromatic N) is 1. The Balaban J connectivity index is 2.73. The molecule has 2 N–H and O–H groups in total. The zero-order chi connectivity index (χ0) is 13.1. The molecule has 17 heavy (non-hydrogen) atoms. The number of nitrogens with one attached hydrogen (secondary N) is 1. The highest BCUT2D eigenvalue weighted by atomic mass is 16.4. The van der Waals surface area contributed by atoms with Crippen LogP contribution < -0.4 is 5.32 Å². The fourth-order valence-corrected chi connectivity index (χ4v) is 2.22. The van der Waals surface area contributed by atoms with Crippen LogP contribution in [0.1, 0.15) is 39.5 Å². The Hall–Kier alpha value is -1.26. The van der Waals surface area contributed by atoms with Gasteiger partial charge in [0.1, 0.15) is 0 Å². The molecule has 0 aromatic rings. The first-order valence-electron chi connectivity index (χ1n) is 6.17. The summed E-state index contributed by atoms with van der Waals surface area (Å²) in [5, 5.41) is 12.2. The van der Waals surface area contributed by atoms with Crippen molar-refractivity contribution in [2.75, 3.05) is 13.6 Å². The van der Waals surface area contributed by atoms with E-state index in [0.29, 0.717) is 13.0 Å². The molecule has 2 amide bonds. The molecule has 98 valence electrons. The van der Waals surface area contributed by atoms with E-state index in [-0.39, 0.29) is 12.1 Å². The van der Waals surface area contributed by atoms with Gasteiger partial charge in [0.15, 0.2) is 0 Å². The van der Waals surface area contributed by atoms with Gasteiger partial charge in [-0.25, -0.2) is 4.79 Å². The Bertz CT molecular complexity index is 306. The second kappa shape index (κ2) is 5.38. The molecule has 1 aliphatic carbocycles. The standard InChI is InChI=1S/C12H22N2O3/c1-4-14(3)11(17)13-9-7-5-6-8-12(9,2)10(15)16/h9H,4-8H2,1-3H3,(H,13,17)(H,15,16). The van der Waals surface area contributed by atoms with Gasteiger partial charge in [0.25, 0.3) is 0 Å². The molecule has 0 bridgehead atoms. The normalized spacial score (nSPS) is 28.5. The second-order valence-electron chi connectivity index (χ2n) is 4.98. The summed E-state index contributed by atoms with van der Waals surface area (Å²) in [6, 6.07) is -0.456. The molecule has 1 fully saturated rings. The molecule has 0 heterocycles. The minimum absolute atomic E-state index is 0.188. The van der Waals surface area contributed by atoms with Gasteiger partial charge in [-0.05, 0) is 26.7 Å². The van der Waals surface area contributed by atoms with Crippen LogP contribution in [0.25, 0.3) is 0 Å². The number of hydrogen-bond donors (Lipinski definition) is 2. The average Bonchev–Trinajstić information content (AvgIpc) is 2.30. The molecular formula is C12H22N2O3. The van der Waals surface area contributed by atoms with Gasteiger partial charge >= 0.3 is 12.0 Å². The molecule has 5 heteroatoms. The molecule has 0 spiro atoms. The van der Waals surface area contributed by atoms with Gasteiger partial charge in [-0.3, -0.25) is 4.79 Å². The average molecular weight is 242 g/mol. The fraction of sp³-hybridized carbons (Fsp3) is 0.833. The van der Waals surface area contributed by atoms with Crippen LogP contribution in [0.5, 0.6) is 0 Å². The topological polar surface area (TPSA) is 69.6 Å². The SMILES string of the molecule is CCN(C)C(=O)NC1CCCCC1(C)C(=O)O. The molecule has 0 aromatic carbocycles. The third-order valence-corrected chi connectivity index (χ3v) is 3.82. The quantitative estimate of drug-likeness (QED) is 0.791. The molecule has 0 aromatic heterocycles. The molecule has 1 saturated carbocycles. The number of carboxylic acid groups (broad SMARTS) is 1. The van der Waals surface area contributed by atoms with E-state index in [4.69, 9.17) is 0 Å². The summed E-state index contributed by atoms with van der Waals surface area (Å²) in [7, 11) is 1.70. The van der Waals surface area contributed by atoms with Crippen molar-refractivity contribution in [2.24, 2.45) is 5.41 Å². The minimum atomic E-state index is -0.831. The monoisotopic (exact) mass is 242 g/mol. The van der Waals surface area contributed by atoms with Crippen molar-refractivity contribution in [3.63, 3.8) is 0 Å². The van der Waals surface area contributed by atoms with Crippen LogP contribution in [0.2, 0.25) is 0 Å². The molecule has 0 aliphatic heterocycles. The number of carbonyl (C=O) groups is 2. The van der Waals surface area contributed by atoms with Crippen molar-refractivity contribution in [2.45, 2.75) is 45.6 Å². The molecule has 0 radical (unpaired) electrons. The maximum Gasteiger partial charge on any atom is 0.317 e. The summed E-state index contributed by atoms with van der Waals surface area (Å²) >= 11 is 0. The van der Waals surface area contributed by atoms with Crippen molar-refractivity contribution < 1.29 is 14.7 Å². The van der Waals surface area contributed by atoms with Gasteiger partial charge in [-0.1, -0.05) is 12.8 Å². The summed E-state index contributed by atoms with van der Waals surface area (Å²) in [5.41, 5.74) is -0.831. The Labute approximate surface area is 102 Å². The highest BCUT2D eigenvalue weighted by molar-refractivity contribution is 5.79. The highest BCUT2D eigenvalue weighted by Crippen LogP contribution is 2.36. The highest BCUT2D eigenvalue weighted by Gasteiger charge is 2.44. The summed E-state index contributed by atoms with van der Waals surface area (Å²) in [4.78, 5) is 24.7. The Morgan fingerprint density at radius 1 is 1.47 bits per heavy atom. The van der Waals surface area contributed by atoms with Crippen molar-refractivity contribution in [1.82, 2.24) is 10.2 Å². The van der Waals surface area contributed by atoms with E-state index in [0.717, 1.165) is 19.3 Å². The van der Waals surface area contributed by atoms with Gasteiger partial charge in [0.2, 0.25) is 0 Å². The van der Waals surface area contributed by atoms with Crippen LogP contribution in [-0.4, -0.2) is 41.6 Å². The molecule has 2 atom stereocenters. The molecule has 1 aliphatic rings. The second-order valence-corrected chi connectivity index (χ2v) is 4.98. The van der Waals surface area contributed by atoms with Gasteiger partial charge in [0, 0.05) is 19.6 Å². The van der Waals surface area contributed by atoms with Gasteiger partial charge < -0.3 is 15.3 Å². The maximum atomic E-state index is 11.8. The van der Waals surface area contributed by atoms with Crippen LogP contribution in [0.3, 0.4) is 0 Å². The van der Waals surface area contributed by atoms with Gasteiger partial charge in [-0.15, -0.1) is 0 Å². The molecule has 5 nitrogen and oxygen atoms in total. The number of amides is 2. The molecular weight excluding hydrogens is 220 g/mol. The third-order valence-electron chi connectivity index (χ3n) is 3.82. The van der Waals surface area contributed by atoms with E-state index >= 15 is 0 Å². The van der Waals surface area contributed by atoms with Gasteiger partial charge in [-0.2, -0.15) is 0 Å². The van der Waals surface area contributed by atoms with Crippen LogP contribution in [0, 0.1) is 5.41 Å². The number of urea groups is 1. The van der Waals surface area contributed by atoms with Crippen molar-refractivity contribution in [1.29, 1.82) is 0 Å². The van der Waals surface area contributed by atoms with Crippen LogP contribution in [-0.2, 0) is 4.79 Å². The van der Waals surface area contributed by atoms with Crippen LogP contribution in [0.4, 0.5) is 4.79 Å². The van der Waals surface area contributed by atoms with E-state index in [2.05, 4.69) is 5.32 Å². The number of carbonyl (C=O) groups excluding carboxylic acids is 1. The van der Waals surface area contributed by atoms with E-state index in [9.17, 15) is 14.7 Å². The lowest BCUT2D eigenvalue weighted by Gasteiger charge is -2.38. The first-order chi connectivity index (χ1) is 7.91. The summed E-state index contributed by atoms with van der Waals surface area (Å²) in [5.74, 6) is -0.818. The van der Waals surface area contributed by atoms with Gasteiger partial charge in [0.05, 0.1) is 5.41 Å². The lowest BCUT2D eigenvalue weighted by Crippen LogP contribution is -2.54. The van der Waals surface area contributed by atoms with Crippen molar-refractivity contribution in [3.8, 4) is 0 Å². The minimum Gasteiger partial charge on any atom is -0.481 e. The zero-order valence-corrected chi connectivity index (χ0v) is 10.8. The maximum absolute atomic E-state index is 11.8. The van der Waals surface area contributed by atoms with Crippen LogP contribution in [0.15, 0.2) is 0 Å². The largest absolute Gasteiger partial charge is 0.481 e. The predicted molar refractivity (Wildman–Crippen MR) is 64.8 cm³/mol. The first kappa shape index (κ1) is 13.8. The summed E-state index contributed by atoms with van der Waals surface area (Å²) < 4.78 is 0. The zero-order valence-electron chi connectivity index (χ0n) is 10.8. The van der Waals surface area contributed by atoms with Crippen LogP contribution >= 0.6 is 0 Å². The summed E-state index contributed by atoms with van der Waals surface area (Å²) in [6.45, 7) is 4.23. The third kappa shape index (κ3) is 2.90. The predicted octanol–water partition coefficient (Wildman–Crippen LogP) is 1.68. The lowest BCUT2D eigenvalue weighted by molar-refractivity contribution is -0.151.